The molecule has 5 heteroatoms. The molecule has 0 fully saturated rings. The molecule has 0 aromatic carbocycles. The van der Waals surface area contributed by atoms with E-state index in [1.807, 2.05) is 20.8 Å². The van der Waals surface area contributed by atoms with Gasteiger partial charge >= 0.3 is 6.09 Å². The largest absolute Gasteiger partial charge is 0.444 e. The zero-order valence-corrected chi connectivity index (χ0v) is 12.1. The van der Waals surface area contributed by atoms with Crippen molar-refractivity contribution in [3.8, 4) is 0 Å². The van der Waals surface area contributed by atoms with Crippen LogP contribution in [0.15, 0.2) is 0 Å². The Balaban J connectivity index is 4.17. The summed E-state index contributed by atoms with van der Waals surface area (Å²) in [6, 6.07) is 0. The van der Waals surface area contributed by atoms with Crippen LogP contribution in [0.25, 0.3) is 0 Å². The third kappa shape index (κ3) is 9.93. The number of amides is 2. The first kappa shape index (κ1) is 16.7. The van der Waals surface area contributed by atoms with E-state index < -0.39 is 11.7 Å². The van der Waals surface area contributed by atoms with Crippen molar-refractivity contribution in [3.63, 3.8) is 0 Å². The number of rotatable bonds is 6. The summed E-state index contributed by atoms with van der Waals surface area (Å²) >= 11 is 0. The van der Waals surface area contributed by atoms with Crippen LogP contribution in [0.1, 0.15) is 47.5 Å². The van der Waals surface area contributed by atoms with Crippen molar-refractivity contribution in [2.24, 2.45) is 17.6 Å². The first-order valence-corrected chi connectivity index (χ1v) is 6.35. The van der Waals surface area contributed by atoms with Crippen LogP contribution in [0, 0.1) is 11.8 Å². The summed E-state index contributed by atoms with van der Waals surface area (Å²) < 4.78 is 5.13. The maximum Gasteiger partial charge on any atom is 0.407 e. The SMILES string of the molecule is CC(C)CC(CNC(=O)OC(C)(C)C)CC(N)=O. The molecule has 0 aromatic heterocycles. The van der Waals surface area contributed by atoms with Gasteiger partial charge in [0.2, 0.25) is 5.91 Å². The van der Waals surface area contributed by atoms with Gasteiger partial charge in [-0.05, 0) is 39.0 Å². The van der Waals surface area contributed by atoms with Crippen LogP contribution in [0.5, 0.6) is 0 Å². The molecule has 0 spiro atoms. The molecule has 0 radical (unpaired) electrons. The Kier molecular flexibility index (Phi) is 6.73. The fourth-order valence-electron chi connectivity index (χ4n) is 1.73. The minimum absolute atomic E-state index is 0.0648. The number of hydrogen-bond acceptors (Lipinski definition) is 3. The Bertz CT molecular complexity index is 282. The van der Waals surface area contributed by atoms with Gasteiger partial charge in [-0.2, -0.15) is 0 Å². The Morgan fingerprint density at radius 3 is 2.22 bits per heavy atom. The molecule has 106 valence electrons. The van der Waals surface area contributed by atoms with Gasteiger partial charge in [-0.3, -0.25) is 4.79 Å². The van der Waals surface area contributed by atoms with Crippen LogP contribution in [0.3, 0.4) is 0 Å². The van der Waals surface area contributed by atoms with E-state index in [4.69, 9.17) is 10.5 Å². The average molecular weight is 258 g/mol. The standard InChI is InChI=1S/C13H26N2O3/c1-9(2)6-10(7-11(14)16)8-15-12(17)18-13(3,4)5/h9-10H,6-8H2,1-5H3,(H2,14,16)(H,15,17). The molecule has 3 N–H and O–H groups in total. The van der Waals surface area contributed by atoms with Crippen LogP contribution in [-0.2, 0) is 9.53 Å². The van der Waals surface area contributed by atoms with Crippen LogP contribution < -0.4 is 11.1 Å². The van der Waals surface area contributed by atoms with E-state index in [9.17, 15) is 9.59 Å². The second-order valence-electron chi connectivity index (χ2n) is 6.05. The number of hydrogen-bond donors (Lipinski definition) is 2. The number of nitrogens with one attached hydrogen (secondary N) is 1. The molecule has 0 aliphatic carbocycles. The van der Waals surface area contributed by atoms with E-state index in [1.165, 1.54) is 0 Å². The predicted molar refractivity (Wildman–Crippen MR) is 71.0 cm³/mol. The minimum Gasteiger partial charge on any atom is -0.444 e. The van der Waals surface area contributed by atoms with Gasteiger partial charge in [0.15, 0.2) is 0 Å². The van der Waals surface area contributed by atoms with E-state index >= 15 is 0 Å². The van der Waals surface area contributed by atoms with Crippen molar-refractivity contribution in [1.29, 1.82) is 0 Å². The van der Waals surface area contributed by atoms with Crippen molar-refractivity contribution in [2.75, 3.05) is 6.54 Å². The number of alkyl carbamates (subject to hydrolysis) is 1. The first-order valence-electron chi connectivity index (χ1n) is 6.35. The third-order valence-electron chi connectivity index (χ3n) is 2.23. The van der Waals surface area contributed by atoms with E-state index in [-0.39, 0.29) is 18.2 Å². The second kappa shape index (κ2) is 7.24. The smallest absolute Gasteiger partial charge is 0.407 e. The molecule has 1 atom stereocenters. The summed E-state index contributed by atoms with van der Waals surface area (Å²) in [5.74, 6) is 0.177. The van der Waals surface area contributed by atoms with E-state index in [0.29, 0.717) is 12.5 Å². The summed E-state index contributed by atoms with van der Waals surface area (Å²) in [5.41, 5.74) is 4.68. The summed E-state index contributed by atoms with van der Waals surface area (Å²) in [6.45, 7) is 9.98. The van der Waals surface area contributed by atoms with Crippen LogP contribution in [-0.4, -0.2) is 24.1 Å². The molecule has 0 saturated heterocycles. The number of primary amides is 1. The maximum atomic E-state index is 11.5. The molecule has 0 aliphatic rings. The molecule has 0 aliphatic heterocycles. The normalized spacial score (nSPS) is 13.2. The fraction of sp³-hybridized carbons (Fsp3) is 0.846. The fourth-order valence-corrected chi connectivity index (χ4v) is 1.73. The van der Waals surface area contributed by atoms with E-state index in [0.717, 1.165) is 6.42 Å². The highest BCUT2D eigenvalue weighted by molar-refractivity contribution is 5.74. The molecule has 5 nitrogen and oxygen atoms in total. The van der Waals surface area contributed by atoms with Gasteiger partial charge in [0.05, 0.1) is 0 Å². The van der Waals surface area contributed by atoms with Crippen LogP contribution in [0.4, 0.5) is 4.79 Å². The first-order chi connectivity index (χ1) is 8.10. The van der Waals surface area contributed by atoms with Gasteiger partial charge in [0.25, 0.3) is 0 Å². The van der Waals surface area contributed by atoms with Gasteiger partial charge in [-0.1, -0.05) is 13.8 Å². The number of ether oxygens (including phenoxy) is 1. The summed E-state index contributed by atoms with van der Waals surface area (Å²) in [7, 11) is 0. The third-order valence-corrected chi connectivity index (χ3v) is 2.23. The summed E-state index contributed by atoms with van der Waals surface area (Å²) in [5, 5.41) is 2.68. The van der Waals surface area contributed by atoms with E-state index in [1.54, 1.807) is 0 Å². The lowest BCUT2D eigenvalue weighted by Crippen LogP contribution is -2.36. The average Bonchev–Trinajstić information content (AvgIpc) is 2.09. The highest BCUT2D eigenvalue weighted by Crippen LogP contribution is 2.14. The molecule has 2 amide bonds. The van der Waals surface area contributed by atoms with Crippen LogP contribution in [0.2, 0.25) is 0 Å². The molecular formula is C13H26N2O3. The zero-order valence-electron chi connectivity index (χ0n) is 12.1. The molecule has 0 heterocycles. The van der Waals surface area contributed by atoms with Gasteiger partial charge < -0.3 is 15.8 Å². The zero-order chi connectivity index (χ0) is 14.3. The molecule has 0 aromatic rings. The number of carbonyl (C=O) groups is 2. The molecular weight excluding hydrogens is 232 g/mol. The van der Waals surface area contributed by atoms with Gasteiger partial charge in [-0.15, -0.1) is 0 Å². The molecule has 0 rings (SSSR count). The van der Waals surface area contributed by atoms with E-state index in [2.05, 4.69) is 19.2 Å². The Labute approximate surface area is 109 Å². The monoisotopic (exact) mass is 258 g/mol. The quantitative estimate of drug-likeness (QED) is 0.765. The van der Waals surface area contributed by atoms with Gasteiger partial charge in [0.1, 0.15) is 5.60 Å². The van der Waals surface area contributed by atoms with Crippen molar-refractivity contribution in [3.05, 3.63) is 0 Å². The maximum absolute atomic E-state index is 11.5. The second-order valence-corrected chi connectivity index (χ2v) is 6.05. The Hall–Kier alpha value is -1.26. The van der Waals surface area contributed by atoms with Crippen LogP contribution >= 0.6 is 0 Å². The van der Waals surface area contributed by atoms with Crippen molar-refractivity contribution in [1.82, 2.24) is 5.32 Å². The lowest BCUT2D eigenvalue weighted by molar-refractivity contribution is -0.119. The highest BCUT2D eigenvalue weighted by Gasteiger charge is 2.19. The molecule has 0 bridgehead atoms. The van der Waals surface area contributed by atoms with Crippen molar-refractivity contribution >= 4 is 12.0 Å². The topological polar surface area (TPSA) is 81.4 Å². The van der Waals surface area contributed by atoms with Crippen molar-refractivity contribution < 1.29 is 14.3 Å². The molecule has 18 heavy (non-hydrogen) atoms. The lowest BCUT2D eigenvalue weighted by Gasteiger charge is -2.22. The van der Waals surface area contributed by atoms with Crippen molar-refractivity contribution in [2.45, 2.75) is 53.1 Å². The van der Waals surface area contributed by atoms with Gasteiger partial charge in [-0.25, -0.2) is 4.79 Å². The number of carbonyl (C=O) groups excluding carboxylic acids is 2. The molecule has 0 saturated carbocycles. The Morgan fingerprint density at radius 1 is 1.28 bits per heavy atom. The minimum atomic E-state index is -0.513. The van der Waals surface area contributed by atoms with Gasteiger partial charge in [0, 0.05) is 13.0 Å². The summed E-state index contributed by atoms with van der Waals surface area (Å²) in [4.78, 5) is 22.4. The highest BCUT2D eigenvalue weighted by atomic mass is 16.6. The predicted octanol–water partition coefficient (Wildman–Crippen LogP) is 2.05. The molecule has 1 unspecified atom stereocenters. The Morgan fingerprint density at radius 2 is 1.83 bits per heavy atom. The lowest BCUT2D eigenvalue weighted by atomic mass is 9.94. The number of nitrogens with two attached hydrogens (primary N) is 1. The summed E-state index contributed by atoms with van der Waals surface area (Å²) in [6.07, 6.45) is 0.674.